The van der Waals surface area contributed by atoms with Crippen LogP contribution in [0.2, 0.25) is 0 Å². The summed E-state index contributed by atoms with van der Waals surface area (Å²) in [5.74, 6) is 5.65. The molecule has 0 saturated carbocycles. The number of nitrogens with two attached hydrogens (primary N) is 1. The molecule has 6 heteroatoms. The fraction of sp³-hybridized carbons (Fsp3) is 0. The summed E-state index contributed by atoms with van der Waals surface area (Å²) in [5, 5.41) is 3.55. The van der Waals surface area contributed by atoms with Crippen molar-refractivity contribution in [3.63, 3.8) is 0 Å². The Kier molecular flexibility index (Phi) is 3.44. The normalized spacial score (nSPS) is 10.3. The van der Waals surface area contributed by atoms with Gasteiger partial charge in [-0.05, 0) is 24.3 Å². The number of nitrogen functional groups attached to an aromatic ring is 1. The number of rotatable bonds is 3. The number of benzene rings is 1. The zero-order valence-electron chi connectivity index (χ0n) is 11.1. The number of carbonyl (C=O) groups is 1. The van der Waals surface area contributed by atoms with E-state index in [0.29, 0.717) is 17.0 Å². The van der Waals surface area contributed by atoms with Gasteiger partial charge in [0.15, 0.2) is 0 Å². The predicted octanol–water partition coefficient (Wildman–Crippen LogP) is 2.17. The summed E-state index contributed by atoms with van der Waals surface area (Å²) in [7, 11) is 0. The third-order valence-electron chi connectivity index (χ3n) is 3.01. The van der Waals surface area contributed by atoms with Gasteiger partial charge in [0.2, 0.25) is 0 Å². The van der Waals surface area contributed by atoms with Crippen LogP contribution in [0.3, 0.4) is 0 Å². The van der Waals surface area contributed by atoms with Crippen molar-refractivity contribution in [2.24, 2.45) is 5.84 Å². The molecule has 0 radical (unpaired) electrons. The highest BCUT2D eigenvalue weighted by Gasteiger charge is 2.12. The lowest BCUT2D eigenvalue weighted by Crippen LogP contribution is -2.16. The molecule has 0 aliphatic heterocycles. The summed E-state index contributed by atoms with van der Waals surface area (Å²) < 4.78 is 0. The Morgan fingerprint density at radius 1 is 1.10 bits per heavy atom. The minimum Gasteiger partial charge on any atom is -0.323 e. The number of para-hydroxylation sites is 1. The van der Waals surface area contributed by atoms with Crippen LogP contribution in [-0.2, 0) is 0 Å². The monoisotopic (exact) mass is 279 g/mol. The quantitative estimate of drug-likeness (QED) is 0.504. The van der Waals surface area contributed by atoms with Gasteiger partial charge in [0.25, 0.3) is 5.91 Å². The molecule has 21 heavy (non-hydrogen) atoms. The molecule has 0 fully saturated rings. The Morgan fingerprint density at radius 2 is 1.90 bits per heavy atom. The molecule has 104 valence electrons. The minimum absolute atomic E-state index is 0.271. The van der Waals surface area contributed by atoms with Crippen molar-refractivity contribution >= 4 is 28.3 Å². The molecule has 0 aliphatic rings. The smallest absolute Gasteiger partial charge is 0.275 e. The molecular formula is C15H13N5O. The van der Waals surface area contributed by atoms with E-state index in [9.17, 15) is 4.79 Å². The van der Waals surface area contributed by atoms with Gasteiger partial charge >= 0.3 is 0 Å². The number of hydrogen-bond donors (Lipinski definition) is 3. The highest BCUT2D eigenvalue weighted by molar-refractivity contribution is 6.05. The summed E-state index contributed by atoms with van der Waals surface area (Å²) >= 11 is 0. The Hall–Kier alpha value is -2.99. The molecule has 0 saturated heterocycles. The van der Waals surface area contributed by atoms with Crippen LogP contribution in [0.5, 0.6) is 0 Å². The number of hydrogen-bond acceptors (Lipinski definition) is 5. The highest BCUT2D eigenvalue weighted by atomic mass is 16.1. The lowest BCUT2D eigenvalue weighted by molar-refractivity contribution is 0.102. The highest BCUT2D eigenvalue weighted by Crippen LogP contribution is 2.22. The maximum atomic E-state index is 12.2. The van der Waals surface area contributed by atoms with E-state index < -0.39 is 0 Å². The first kappa shape index (κ1) is 13.0. The van der Waals surface area contributed by atoms with Crippen molar-refractivity contribution < 1.29 is 4.79 Å². The van der Waals surface area contributed by atoms with E-state index in [4.69, 9.17) is 5.84 Å². The van der Waals surface area contributed by atoms with E-state index in [-0.39, 0.29) is 11.6 Å². The number of amides is 1. The predicted molar refractivity (Wildman–Crippen MR) is 81.7 cm³/mol. The first-order valence-electron chi connectivity index (χ1n) is 6.37. The van der Waals surface area contributed by atoms with Crippen LogP contribution in [0.15, 0.2) is 54.7 Å². The Bertz CT molecular complexity index is 788. The van der Waals surface area contributed by atoms with Gasteiger partial charge in [-0.25, -0.2) is 9.97 Å². The van der Waals surface area contributed by atoms with Gasteiger partial charge in [-0.2, -0.15) is 0 Å². The van der Waals surface area contributed by atoms with Crippen LogP contribution in [0.4, 0.5) is 11.5 Å². The first-order chi connectivity index (χ1) is 10.3. The molecule has 0 atom stereocenters. The summed E-state index contributed by atoms with van der Waals surface area (Å²) in [6.07, 6.45) is 1.61. The molecule has 3 rings (SSSR count). The number of carbonyl (C=O) groups excluding carboxylic acids is 1. The molecule has 1 amide bonds. The number of nitrogens with zero attached hydrogens (tertiary/aromatic N) is 2. The standard InChI is InChI=1S/C15H13N5O/c16-20-12-9-13(18-11-6-2-1-5-10(11)12)15(21)19-14-7-3-4-8-17-14/h1-9H,16H2,(H,18,20)(H,17,19,21). The van der Waals surface area contributed by atoms with Gasteiger partial charge in [0.1, 0.15) is 11.5 Å². The van der Waals surface area contributed by atoms with Gasteiger partial charge in [0.05, 0.1) is 11.2 Å². The third-order valence-corrected chi connectivity index (χ3v) is 3.01. The zero-order valence-corrected chi connectivity index (χ0v) is 11.1. The minimum atomic E-state index is -0.337. The first-order valence-corrected chi connectivity index (χ1v) is 6.37. The van der Waals surface area contributed by atoms with Crippen molar-refractivity contribution in [3.05, 3.63) is 60.4 Å². The number of fused-ring (bicyclic) bond motifs is 1. The lowest BCUT2D eigenvalue weighted by atomic mass is 10.1. The molecule has 2 heterocycles. The van der Waals surface area contributed by atoms with E-state index in [0.717, 1.165) is 5.39 Å². The van der Waals surface area contributed by atoms with E-state index in [2.05, 4.69) is 20.7 Å². The molecule has 0 unspecified atom stereocenters. The van der Waals surface area contributed by atoms with Crippen LogP contribution < -0.4 is 16.6 Å². The van der Waals surface area contributed by atoms with Gasteiger partial charge in [-0.3, -0.25) is 10.6 Å². The number of anilines is 2. The summed E-state index contributed by atoms with van der Waals surface area (Å²) in [5.41, 5.74) is 4.20. The molecule has 0 bridgehead atoms. The van der Waals surface area contributed by atoms with Gasteiger partial charge in [-0.1, -0.05) is 24.3 Å². The average Bonchev–Trinajstić information content (AvgIpc) is 2.54. The Balaban J connectivity index is 1.98. The fourth-order valence-corrected chi connectivity index (χ4v) is 2.03. The van der Waals surface area contributed by atoms with Gasteiger partial charge in [0, 0.05) is 11.6 Å². The second-order valence-corrected chi connectivity index (χ2v) is 4.39. The molecule has 6 nitrogen and oxygen atoms in total. The Labute approximate surface area is 121 Å². The van der Waals surface area contributed by atoms with Crippen LogP contribution >= 0.6 is 0 Å². The molecule has 0 spiro atoms. The molecule has 3 aromatic rings. The van der Waals surface area contributed by atoms with Crippen molar-refractivity contribution in [2.75, 3.05) is 10.7 Å². The summed E-state index contributed by atoms with van der Waals surface area (Å²) in [6, 6.07) is 14.4. The molecule has 0 aliphatic carbocycles. The largest absolute Gasteiger partial charge is 0.323 e. The van der Waals surface area contributed by atoms with Crippen LogP contribution in [0, 0.1) is 0 Å². The van der Waals surface area contributed by atoms with Gasteiger partial charge in [-0.15, -0.1) is 0 Å². The van der Waals surface area contributed by atoms with E-state index in [1.54, 1.807) is 30.5 Å². The van der Waals surface area contributed by atoms with Gasteiger partial charge < -0.3 is 10.7 Å². The van der Waals surface area contributed by atoms with Crippen molar-refractivity contribution in [3.8, 4) is 0 Å². The number of nitrogens with one attached hydrogen (secondary N) is 2. The maximum absolute atomic E-state index is 12.2. The van der Waals surface area contributed by atoms with E-state index >= 15 is 0 Å². The SMILES string of the molecule is NNc1cc(C(=O)Nc2ccccn2)nc2ccccc12. The van der Waals surface area contributed by atoms with Crippen LogP contribution in [0.25, 0.3) is 10.9 Å². The molecular weight excluding hydrogens is 266 g/mol. The second-order valence-electron chi connectivity index (χ2n) is 4.39. The third kappa shape index (κ3) is 2.65. The molecule has 2 aromatic heterocycles. The summed E-state index contributed by atoms with van der Waals surface area (Å²) in [4.78, 5) is 20.6. The number of pyridine rings is 2. The molecule has 4 N–H and O–H groups in total. The fourth-order valence-electron chi connectivity index (χ4n) is 2.03. The molecule has 1 aromatic carbocycles. The maximum Gasteiger partial charge on any atom is 0.275 e. The average molecular weight is 279 g/mol. The second kappa shape index (κ2) is 5.56. The van der Waals surface area contributed by atoms with Crippen molar-refractivity contribution in [1.82, 2.24) is 9.97 Å². The number of aromatic nitrogens is 2. The zero-order chi connectivity index (χ0) is 14.7. The summed E-state index contributed by atoms with van der Waals surface area (Å²) in [6.45, 7) is 0. The van der Waals surface area contributed by atoms with Crippen molar-refractivity contribution in [1.29, 1.82) is 0 Å². The topological polar surface area (TPSA) is 92.9 Å². The van der Waals surface area contributed by atoms with Crippen LogP contribution in [0.1, 0.15) is 10.5 Å². The van der Waals surface area contributed by atoms with E-state index in [1.807, 2.05) is 24.3 Å². The number of hydrazine groups is 1. The van der Waals surface area contributed by atoms with E-state index in [1.165, 1.54) is 0 Å². The van der Waals surface area contributed by atoms with Crippen molar-refractivity contribution in [2.45, 2.75) is 0 Å². The lowest BCUT2D eigenvalue weighted by Gasteiger charge is -2.09. The Morgan fingerprint density at radius 3 is 2.67 bits per heavy atom. The van der Waals surface area contributed by atoms with Crippen LogP contribution in [-0.4, -0.2) is 15.9 Å².